The van der Waals surface area contributed by atoms with Crippen LogP contribution >= 0.6 is 24.0 Å². The molecular weight excluding hydrogens is 433 g/mol. The Kier molecular flexibility index (Phi) is 9.25. The second-order valence-electron chi connectivity index (χ2n) is 5.70. The number of carbonyl (C=O) groups excluding carboxylic acids is 2. The lowest BCUT2D eigenvalue weighted by Crippen LogP contribution is -2.44. The number of carbonyl (C=O) groups is 2. The van der Waals surface area contributed by atoms with Crippen LogP contribution < -0.4 is 16.4 Å². The van der Waals surface area contributed by atoms with Crippen molar-refractivity contribution in [3.8, 4) is 0 Å². The molecule has 0 spiro atoms. The molecule has 7 nitrogen and oxygen atoms in total. The van der Waals surface area contributed by atoms with Crippen LogP contribution in [0.15, 0.2) is 29.3 Å². The van der Waals surface area contributed by atoms with E-state index in [9.17, 15) is 9.59 Å². The van der Waals surface area contributed by atoms with E-state index in [1.807, 2.05) is 24.0 Å². The Bertz CT molecular complexity index is 598. The molecule has 138 valence electrons. The van der Waals surface area contributed by atoms with Gasteiger partial charge in [-0.05, 0) is 37.5 Å². The number of guanidine groups is 1. The lowest BCUT2D eigenvalue weighted by atomic mass is 10.1. The van der Waals surface area contributed by atoms with Crippen LogP contribution in [-0.4, -0.2) is 48.9 Å². The molecule has 0 atom stereocenters. The summed E-state index contributed by atoms with van der Waals surface area (Å²) in [7, 11) is 0. The highest BCUT2D eigenvalue weighted by Gasteiger charge is 2.17. The van der Waals surface area contributed by atoms with Crippen molar-refractivity contribution in [1.82, 2.24) is 15.5 Å². The minimum Gasteiger partial charge on any atom is -0.366 e. The number of nitrogens with two attached hydrogens (primary N) is 1. The molecule has 1 aliphatic rings. The number of benzene rings is 1. The van der Waals surface area contributed by atoms with Crippen molar-refractivity contribution in [2.24, 2.45) is 10.7 Å². The van der Waals surface area contributed by atoms with E-state index in [2.05, 4.69) is 15.6 Å². The molecule has 0 saturated carbocycles. The van der Waals surface area contributed by atoms with E-state index in [0.717, 1.165) is 31.5 Å². The Morgan fingerprint density at radius 1 is 1.16 bits per heavy atom. The van der Waals surface area contributed by atoms with Crippen molar-refractivity contribution in [3.05, 3.63) is 35.4 Å². The number of rotatable bonds is 6. The van der Waals surface area contributed by atoms with Crippen molar-refractivity contribution in [2.75, 3.05) is 26.2 Å². The molecule has 0 bridgehead atoms. The largest absolute Gasteiger partial charge is 0.366 e. The van der Waals surface area contributed by atoms with Gasteiger partial charge in [-0.25, -0.2) is 4.99 Å². The normalized spacial score (nSPS) is 14.0. The maximum Gasteiger partial charge on any atom is 0.248 e. The van der Waals surface area contributed by atoms with Gasteiger partial charge < -0.3 is 21.3 Å². The van der Waals surface area contributed by atoms with Crippen LogP contribution in [0, 0.1) is 0 Å². The topological polar surface area (TPSA) is 99.8 Å². The molecule has 0 aromatic heterocycles. The van der Waals surface area contributed by atoms with Crippen LogP contribution in [0.25, 0.3) is 0 Å². The van der Waals surface area contributed by atoms with E-state index < -0.39 is 5.91 Å². The number of primary amides is 1. The molecule has 1 aromatic carbocycles. The standard InChI is InChI=1S/C17H25N5O2.HI/c1-2-19-17(21-12-15(23)22-9-3-4-10-22)20-11-13-5-7-14(8-6-13)16(18)24;/h5-8H,2-4,9-12H2,1H3,(H2,18,24)(H2,19,20,21);1H. The number of hydrogen-bond acceptors (Lipinski definition) is 3. The van der Waals surface area contributed by atoms with Gasteiger partial charge in [0.15, 0.2) is 5.96 Å². The summed E-state index contributed by atoms with van der Waals surface area (Å²) in [5.74, 6) is 0.258. The van der Waals surface area contributed by atoms with Gasteiger partial charge in [0.2, 0.25) is 11.8 Å². The number of nitrogens with zero attached hydrogens (tertiary/aromatic N) is 2. The summed E-state index contributed by atoms with van der Waals surface area (Å²) in [5.41, 5.74) is 6.66. The highest BCUT2D eigenvalue weighted by molar-refractivity contribution is 14.0. The van der Waals surface area contributed by atoms with Crippen molar-refractivity contribution in [3.63, 3.8) is 0 Å². The molecule has 1 saturated heterocycles. The first-order valence-electron chi connectivity index (χ1n) is 8.29. The molecule has 8 heteroatoms. The average Bonchev–Trinajstić information content (AvgIpc) is 3.12. The number of nitrogens with one attached hydrogen (secondary N) is 2. The molecule has 1 heterocycles. The number of halogens is 1. The fourth-order valence-electron chi connectivity index (χ4n) is 2.52. The molecule has 4 N–H and O–H groups in total. The van der Waals surface area contributed by atoms with Crippen molar-refractivity contribution in [2.45, 2.75) is 26.3 Å². The summed E-state index contributed by atoms with van der Waals surface area (Å²) in [6, 6.07) is 7.01. The van der Waals surface area contributed by atoms with E-state index in [1.54, 1.807) is 12.1 Å². The summed E-state index contributed by atoms with van der Waals surface area (Å²) in [4.78, 5) is 29.5. The minimum absolute atomic E-state index is 0. The number of likely N-dealkylation sites (tertiary alicyclic amines) is 1. The van der Waals surface area contributed by atoms with Gasteiger partial charge in [0, 0.05) is 25.2 Å². The quantitative estimate of drug-likeness (QED) is 0.337. The molecule has 0 unspecified atom stereocenters. The van der Waals surface area contributed by atoms with Crippen LogP contribution in [0.3, 0.4) is 0 Å². The third-order valence-corrected chi connectivity index (χ3v) is 3.87. The third-order valence-electron chi connectivity index (χ3n) is 3.87. The van der Waals surface area contributed by atoms with Gasteiger partial charge in [0.25, 0.3) is 0 Å². The zero-order chi connectivity index (χ0) is 17.4. The molecule has 25 heavy (non-hydrogen) atoms. The molecular formula is C17H26IN5O2. The molecule has 1 fully saturated rings. The Morgan fingerprint density at radius 2 is 1.80 bits per heavy atom. The van der Waals surface area contributed by atoms with E-state index in [0.29, 0.717) is 24.6 Å². The number of hydrogen-bond donors (Lipinski definition) is 3. The Balaban J connectivity index is 0.00000312. The monoisotopic (exact) mass is 459 g/mol. The van der Waals surface area contributed by atoms with Crippen molar-refractivity contribution in [1.29, 1.82) is 0 Å². The van der Waals surface area contributed by atoms with Gasteiger partial charge in [-0.1, -0.05) is 12.1 Å². The molecule has 1 aliphatic heterocycles. The fraction of sp³-hybridized carbons (Fsp3) is 0.471. The summed E-state index contributed by atoms with van der Waals surface area (Å²) in [6.07, 6.45) is 2.17. The SMILES string of the molecule is CCNC(=NCc1ccc(C(N)=O)cc1)NCC(=O)N1CCCC1.I. The van der Waals surface area contributed by atoms with Crippen LogP contribution in [0.2, 0.25) is 0 Å². The van der Waals surface area contributed by atoms with Crippen LogP contribution in [0.1, 0.15) is 35.7 Å². The Hall–Kier alpha value is -1.84. The van der Waals surface area contributed by atoms with Gasteiger partial charge in [-0.2, -0.15) is 0 Å². The number of amides is 2. The number of aliphatic imine (C=N–C) groups is 1. The van der Waals surface area contributed by atoms with Gasteiger partial charge in [0.1, 0.15) is 0 Å². The van der Waals surface area contributed by atoms with Gasteiger partial charge in [-0.3, -0.25) is 9.59 Å². The predicted octanol–water partition coefficient (Wildman–Crippen LogP) is 1.08. The third kappa shape index (κ3) is 6.89. The lowest BCUT2D eigenvalue weighted by molar-refractivity contribution is -0.128. The van der Waals surface area contributed by atoms with Gasteiger partial charge >= 0.3 is 0 Å². The predicted molar refractivity (Wildman–Crippen MR) is 109 cm³/mol. The first kappa shape index (κ1) is 21.2. The molecule has 0 aliphatic carbocycles. The fourth-order valence-corrected chi connectivity index (χ4v) is 2.52. The van der Waals surface area contributed by atoms with E-state index in [1.165, 1.54) is 0 Å². The first-order valence-corrected chi connectivity index (χ1v) is 8.29. The van der Waals surface area contributed by atoms with Crippen LogP contribution in [-0.2, 0) is 11.3 Å². The maximum atomic E-state index is 12.1. The van der Waals surface area contributed by atoms with Gasteiger partial charge in [0.05, 0.1) is 13.1 Å². The molecule has 2 rings (SSSR count). The molecule has 2 amide bonds. The maximum absolute atomic E-state index is 12.1. The van der Waals surface area contributed by atoms with E-state index >= 15 is 0 Å². The van der Waals surface area contributed by atoms with E-state index in [-0.39, 0.29) is 36.4 Å². The van der Waals surface area contributed by atoms with Crippen molar-refractivity contribution < 1.29 is 9.59 Å². The van der Waals surface area contributed by atoms with E-state index in [4.69, 9.17) is 5.73 Å². The summed E-state index contributed by atoms with van der Waals surface area (Å²) < 4.78 is 0. The average molecular weight is 459 g/mol. The highest BCUT2D eigenvalue weighted by atomic mass is 127. The van der Waals surface area contributed by atoms with Crippen LogP contribution in [0.4, 0.5) is 0 Å². The smallest absolute Gasteiger partial charge is 0.248 e. The summed E-state index contributed by atoms with van der Waals surface area (Å²) >= 11 is 0. The zero-order valence-electron chi connectivity index (χ0n) is 14.5. The summed E-state index contributed by atoms with van der Waals surface area (Å²) in [6.45, 7) is 5.07. The van der Waals surface area contributed by atoms with Crippen LogP contribution in [0.5, 0.6) is 0 Å². The molecule has 1 aromatic rings. The second-order valence-corrected chi connectivity index (χ2v) is 5.70. The minimum atomic E-state index is -0.444. The first-order chi connectivity index (χ1) is 11.6. The lowest BCUT2D eigenvalue weighted by Gasteiger charge is -2.17. The second kappa shape index (κ2) is 10.9. The summed E-state index contributed by atoms with van der Waals surface area (Å²) in [5, 5.41) is 6.19. The van der Waals surface area contributed by atoms with Gasteiger partial charge in [-0.15, -0.1) is 24.0 Å². The van der Waals surface area contributed by atoms with Crippen molar-refractivity contribution >= 4 is 41.8 Å². The Labute approximate surface area is 165 Å². The molecule has 0 radical (unpaired) electrons. The zero-order valence-corrected chi connectivity index (χ0v) is 16.8. The highest BCUT2D eigenvalue weighted by Crippen LogP contribution is 2.07. The Morgan fingerprint density at radius 3 is 2.36 bits per heavy atom.